The lowest BCUT2D eigenvalue weighted by Crippen LogP contribution is -2.24. The monoisotopic (exact) mass is 388 g/mol. The smallest absolute Gasteiger partial charge is 0.242 e. The lowest BCUT2D eigenvalue weighted by Gasteiger charge is -2.12. The average molecular weight is 389 g/mol. The summed E-state index contributed by atoms with van der Waals surface area (Å²) in [7, 11) is 1.49. The van der Waals surface area contributed by atoms with Crippen molar-refractivity contribution in [2.24, 2.45) is 0 Å². The van der Waals surface area contributed by atoms with Gasteiger partial charge >= 0.3 is 0 Å². The molecule has 1 aromatic heterocycles. The zero-order valence-corrected chi connectivity index (χ0v) is 16.7. The van der Waals surface area contributed by atoms with E-state index >= 15 is 0 Å². The van der Waals surface area contributed by atoms with Gasteiger partial charge in [0.05, 0.1) is 10.8 Å². The number of aromatic nitrogens is 2. The van der Waals surface area contributed by atoms with Crippen molar-refractivity contribution in [3.63, 3.8) is 0 Å². The van der Waals surface area contributed by atoms with Gasteiger partial charge in [0.1, 0.15) is 0 Å². The van der Waals surface area contributed by atoms with Crippen LogP contribution in [-0.2, 0) is 16.4 Å². The number of rotatable bonds is 7. The molecule has 0 fully saturated rings. The molecule has 0 saturated carbocycles. The Balaban J connectivity index is 0.00000312. The molecule has 2 atom stereocenters. The molecule has 25 heavy (non-hydrogen) atoms. The van der Waals surface area contributed by atoms with Crippen molar-refractivity contribution < 1.29 is 12.9 Å². The maximum atomic E-state index is 12.1. The van der Waals surface area contributed by atoms with E-state index < -0.39 is 10.0 Å². The van der Waals surface area contributed by atoms with Gasteiger partial charge in [-0.2, -0.15) is 4.98 Å². The molecule has 0 aliphatic rings. The third kappa shape index (κ3) is 5.01. The van der Waals surface area contributed by atoms with Gasteiger partial charge in [-0.1, -0.05) is 17.3 Å². The Morgan fingerprint density at radius 1 is 1.20 bits per heavy atom. The fraction of sp³-hybridized carbons (Fsp3) is 0.500. The number of nitrogens with zero attached hydrogens (tertiary/aromatic N) is 3. The van der Waals surface area contributed by atoms with Gasteiger partial charge in [0.15, 0.2) is 5.82 Å². The number of halogens is 1. The Morgan fingerprint density at radius 2 is 1.80 bits per heavy atom. The van der Waals surface area contributed by atoms with Gasteiger partial charge in [0, 0.05) is 26.6 Å². The van der Waals surface area contributed by atoms with E-state index in [4.69, 9.17) is 4.52 Å². The molecule has 0 spiro atoms. The summed E-state index contributed by atoms with van der Waals surface area (Å²) in [5.74, 6) is 1.08. The van der Waals surface area contributed by atoms with E-state index in [0.717, 1.165) is 5.56 Å². The molecule has 2 aromatic rings. The summed E-state index contributed by atoms with van der Waals surface area (Å²) in [6, 6.07) is 7.02. The topological polar surface area (TPSA) is 88.3 Å². The van der Waals surface area contributed by atoms with Gasteiger partial charge in [0.25, 0.3) is 0 Å². The lowest BCUT2D eigenvalue weighted by atomic mass is 10.0. The molecule has 2 unspecified atom stereocenters. The summed E-state index contributed by atoms with van der Waals surface area (Å²) in [6.07, 6.45) is 0.687. The normalized spacial score (nSPS) is 14.2. The summed E-state index contributed by atoms with van der Waals surface area (Å²) in [6.45, 7) is 4.00. The van der Waals surface area contributed by atoms with Crippen molar-refractivity contribution in [2.45, 2.75) is 37.1 Å². The molecule has 2 rings (SSSR count). The molecule has 0 bridgehead atoms. The van der Waals surface area contributed by atoms with E-state index in [1.807, 2.05) is 20.9 Å². The first-order chi connectivity index (χ1) is 11.3. The molecule has 1 heterocycles. The molecular formula is C16H25ClN4O3S. The second kappa shape index (κ2) is 8.75. The highest BCUT2D eigenvalue weighted by molar-refractivity contribution is 7.89. The molecule has 7 nitrogen and oxygen atoms in total. The van der Waals surface area contributed by atoms with Gasteiger partial charge in [-0.15, -0.1) is 12.4 Å². The Kier molecular flexibility index (Phi) is 7.55. The first-order valence-corrected chi connectivity index (χ1v) is 9.22. The van der Waals surface area contributed by atoms with Crippen LogP contribution in [0.1, 0.15) is 37.0 Å². The van der Waals surface area contributed by atoms with Crippen LogP contribution in [0.5, 0.6) is 0 Å². The van der Waals surface area contributed by atoms with E-state index in [-0.39, 0.29) is 29.3 Å². The Morgan fingerprint density at radius 3 is 2.32 bits per heavy atom. The maximum absolute atomic E-state index is 12.1. The van der Waals surface area contributed by atoms with Crippen LogP contribution in [0.4, 0.5) is 0 Å². The fourth-order valence-corrected chi connectivity index (χ4v) is 3.09. The summed E-state index contributed by atoms with van der Waals surface area (Å²) in [4.78, 5) is 4.69. The summed E-state index contributed by atoms with van der Waals surface area (Å²) in [5.41, 5.74) is 0.921. The highest BCUT2D eigenvalue weighted by Gasteiger charge is 2.20. The third-order valence-corrected chi connectivity index (χ3v) is 5.82. The van der Waals surface area contributed by atoms with Crippen LogP contribution in [0, 0.1) is 0 Å². The molecule has 0 saturated heterocycles. The molecule has 1 aromatic carbocycles. The summed E-state index contributed by atoms with van der Waals surface area (Å²) < 4.78 is 30.7. The van der Waals surface area contributed by atoms with Gasteiger partial charge in [-0.05, 0) is 38.6 Å². The highest BCUT2D eigenvalue weighted by Crippen LogP contribution is 2.24. The zero-order chi connectivity index (χ0) is 17.9. The van der Waals surface area contributed by atoms with Gasteiger partial charge in [0.2, 0.25) is 15.9 Å². The van der Waals surface area contributed by atoms with Crippen LogP contribution in [0.3, 0.4) is 0 Å². The Hall–Kier alpha value is -1.48. The summed E-state index contributed by atoms with van der Waals surface area (Å²) >= 11 is 0. The van der Waals surface area contributed by atoms with E-state index in [1.165, 1.54) is 18.4 Å². The van der Waals surface area contributed by atoms with Crippen molar-refractivity contribution in [3.8, 4) is 0 Å². The maximum Gasteiger partial charge on any atom is 0.242 e. The van der Waals surface area contributed by atoms with Crippen LogP contribution in [0.25, 0.3) is 0 Å². The lowest BCUT2D eigenvalue weighted by molar-refractivity contribution is 0.364. The van der Waals surface area contributed by atoms with Crippen LogP contribution < -0.4 is 5.32 Å². The number of sulfonamides is 1. The second-order valence-electron chi connectivity index (χ2n) is 6.02. The molecule has 0 amide bonds. The van der Waals surface area contributed by atoms with Gasteiger partial charge in [-0.25, -0.2) is 12.7 Å². The zero-order valence-electron chi connectivity index (χ0n) is 15.1. The first-order valence-electron chi connectivity index (χ1n) is 7.78. The number of hydrogen-bond acceptors (Lipinski definition) is 6. The fourth-order valence-electron chi connectivity index (χ4n) is 2.18. The Labute approximate surface area is 155 Å². The standard InChI is InChI=1S/C16H24N4O3S.ClH/c1-11(17-3)10-15-18-16(23-19-15)12(2)13-6-8-14(9-7-13)24(21,22)20(4)5;/h6-9,11-12,17H,10H2,1-5H3;1H. The average Bonchev–Trinajstić information content (AvgIpc) is 3.02. The molecule has 0 radical (unpaired) electrons. The minimum absolute atomic E-state index is 0. The SMILES string of the molecule is CNC(C)Cc1noc(C(C)c2ccc(S(=O)(=O)N(C)C)cc2)n1.Cl. The van der Waals surface area contributed by atoms with Crippen molar-refractivity contribution in [1.82, 2.24) is 19.8 Å². The quantitative estimate of drug-likeness (QED) is 0.780. The first kappa shape index (κ1) is 21.6. The van der Waals surface area contributed by atoms with E-state index in [2.05, 4.69) is 15.5 Å². The third-order valence-electron chi connectivity index (χ3n) is 3.99. The number of benzene rings is 1. The van der Waals surface area contributed by atoms with Crippen LogP contribution in [0.15, 0.2) is 33.7 Å². The minimum atomic E-state index is -3.42. The van der Waals surface area contributed by atoms with E-state index in [0.29, 0.717) is 18.1 Å². The van der Waals surface area contributed by atoms with Crippen LogP contribution in [-0.4, -0.2) is 50.0 Å². The van der Waals surface area contributed by atoms with Crippen molar-refractivity contribution in [2.75, 3.05) is 21.1 Å². The number of nitrogens with one attached hydrogen (secondary N) is 1. The van der Waals surface area contributed by atoms with Gasteiger partial charge < -0.3 is 9.84 Å². The van der Waals surface area contributed by atoms with Crippen LogP contribution in [0.2, 0.25) is 0 Å². The minimum Gasteiger partial charge on any atom is -0.339 e. The number of likely N-dealkylation sites (N-methyl/N-ethyl adjacent to an activating group) is 1. The highest BCUT2D eigenvalue weighted by atomic mass is 35.5. The molecular weight excluding hydrogens is 364 g/mol. The molecule has 140 valence electrons. The van der Waals surface area contributed by atoms with E-state index in [1.54, 1.807) is 24.3 Å². The van der Waals surface area contributed by atoms with Gasteiger partial charge in [-0.3, -0.25) is 0 Å². The molecule has 0 aliphatic carbocycles. The summed E-state index contributed by atoms with van der Waals surface area (Å²) in [5, 5.41) is 7.13. The van der Waals surface area contributed by atoms with Crippen LogP contribution >= 0.6 is 12.4 Å². The predicted molar refractivity (Wildman–Crippen MR) is 98.6 cm³/mol. The largest absolute Gasteiger partial charge is 0.339 e. The van der Waals surface area contributed by atoms with E-state index in [9.17, 15) is 8.42 Å². The molecule has 1 N–H and O–H groups in total. The Bertz CT molecular complexity index is 775. The number of hydrogen-bond donors (Lipinski definition) is 1. The molecule has 0 aliphatic heterocycles. The predicted octanol–water partition coefficient (Wildman–Crippen LogP) is 2.04. The van der Waals surface area contributed by atoms with Crippen molar-refractivity contribution in [1.29, 1.82) is 0 Å². The molecule has 9 heteroatoms. The van der Waals surface area contributed by atoms with Crippen molar-refractivity contribution in [3.05, 3.63) is 41.5 Å². The second-order valence-corrected chi connectivity index (χ2v) is 8.17. The van der Waals surface area contributed by atoms with Crippen molar-refractivity contribution >= 4 is 22.4 Å².